The van der Waals surface area contributed by atoms with Gasteiger partial charge in [0.1, 0.15) is 6.61 Å². The summed E-state index contributed by atoms with van der Waals surface area (Å²) in [5.74, 6) is 2.84. The molecule has 4 rings (SSSR count). The smallest absolute Gasteiger partial charge is 0.248 e. The molecule has 1 amide bonds. The number of halogens is 1. The summed E-state index contributed by atoms with van der Waals surface area (Å²) in [6, 6.07) is 0.377. The van der Waals surface area contributed by atoms with Crippen molar-refractivity contribution in [2.45, 2.75) is 69.9 Å². The molecule has 1 unspecified atom stereocenters. The number of nitrogens with zero attached hydrogens (tertiary/aromatic N) is 4. The first-order valence-corrected chi connectivity index (χ1v) is 10.6. The monoisotopic (exact) mass is 412 g/mol. The third kappa shape index (κ3) is 5.24. The van der Waals surface area contributed by atoms with Crippen LogP contribution in [0.2, 0.25) is 0 Å². The molecule has 0 N–H and O–H groups in total. The molecule has 0 bridgehead atoms. The van der Waals surface area contributed by atoms with E-state index in [-0.39, 0.29) is 24.9 Å². The molecule has 0 spiro atoms. The highest BCUT2D eigenvalue weighted by Crippen LogP contribution is 2.39. The van der Waals surface area contributed by atoms with Gasteiger partial charge < -0.3 is 14.1 Å². The van der Waals surface area contributed by atoms with E-state index in [0.29, 0.717) is 17.9 Å². The highest BCUT2D eigenvalue weighted by molar-refractivity contribution is 5.85. The lowest BCUT2D eigenvalue weighted by Gasteiger charge is -2.40. The van der Waals surface area contributed by atoms with Crippen molar-refractivity contribution in [1.82, 2.24) is 20.0 Å². The van der Waals surface area contributed by atoms with Gasteiger partial charge in [-0.25, -0.2) is 0 Å². The predicted octanol–water partition coefficient (Wildman–Crippen LogP) is 3.00. The van der Waals surface area contributed by atoms with Crippen LogP contribution in [-0.2, 0) is 16.1 Å². The molecule has 2 aliphatic heterocycles. The number of carbonyl (C=O) groups is 1. The second-order valence-corrected chi connectivity index (χ2v) is 8.36. The van der Waals surface area contributed by atoms with Crippen molar-refractivity contribution in [3.63, 3.8) is 0 Å². The zero-order valence-electron chi connectivity index (χ0n) is 16.8. The average Bonchev–Trinajstić information content (AvgIpc) is 3.47. The number of rotatable bonds is 6. The van der Waals surface area contributed by atoms with Gasteiger partial charge in [-0.15, -0.1) is 22.6 Å². The average molecular weight is 413 g/mol. The Morgan fingerprint density at radius 1 is 1.07 bits per heavy atom. The number of likely N-dealkylation sites (tertiary alicyclic amines) is 2. The van der Waals surface area contributed by atoms with E-state index in [2.05, 4.69) is 20.0 Å². The van der Waals surface area contributed by atoms with Gasteiger partial charge in [0.05, 0.1) is 6.54 Å². The summed E-state index contributed by atoms with van der Waals surface area (Å²) in [6.07, 6.45) is 9.34. The molecule has 3 heterocycles. The summed E-state index contributed by atoms with van der Waals surface area (Å²) >= 11 is 0. The minimum absolute atomic E-state index is 0. The Morgan fingerprint density at radius 3 is 2.57 bits per heavy atom. The predicted molar refractivity (Wildman–Crippen MR) is 107 cm³/mol. The Kier molecular flexibility index (Phi) is 7.71. The van der Waals surface area contributed by atoms with Crippen LogP contribution >= 0.6 is 12.4 Å². The molecule has 1 saturated carbocycles. The maximum absolute atomic E-state index is 12.5. The van der Waals surface area contributed by atoms with Crippen LogP contribution < -0.4 is 0 Å². The maximum Gasteiger partial charge on any atom is 0.248 e. The molecule has 1 atom stereocenters. The van der Waals surface area contributed by atoms with Gasteiger partial charge in [-0.3, -0.25) is 9.69 Å². The second-order valence-electron chi connectivity index (χ2n) is 8.36. The zero-order valence-corrected chi connectivity index (χ0v) is 17.7. The summed E-state index contributed by atoms with van der Waals surface area (Å²) in [5.41, 5.74) is 0. The molecule has 1 aromatic heterocycles. The number of amides is 1. The minimum Gasteiger partial charge on any atom is -0.424 e. The molecule has 8 heteroatoms. The van der Waals surface area contributed by atoms with E-state index in [1.165, 1.54) is 25.7 Å². The Labute approximate surface area is 173 Å². The van der Waals surface area contributed by atoms with Crippen LogP contribution in [0.15, 0.2) is 4.42 Å². The topological polar surface area (TPSA) is 71.7 Å². The van der Waals surface area contributed by atoms with Gasteiger partial charge in [-0.2, -0.15) is 0 Å². The van der Waals surface area contributed by atoms with Crippen LogP contribution in [0, 0.1) is 5.92 Å². The number of piperidine rings is 1. The number of hydrogen-bond acceptors (Lipinski definition) is 6. The molecule has 0 radical (unpaired) electrons. The van der Waals surface area contributed by atoms with Gasteiger partial charge in [0.25, 0.3) is 0 Å². The van der Waals surface area contributed by atoms with Gasteiger partial charge in [0.15, 0.2) is 0 Å². The number of ether oxygens (including phenoxy) is 1. The lowest BCUT2D eigenvalue weighted by molar-refractivity contribution is -0.139. The Bertz CT molecular complexity index is 629. The fraction of sp³-hybridized carbons (Fsp3) is 0.850. The van der Waals surface area contributed by atoms with Crippen molar-refractivity contribution >= 4 is 18.3 Å². The molecular weight excluding hydrogens is 380 g/mol. The van der Waals surface area contributed by atoms with E-state index in [1.807, 2.05) is 0 Å². The number of aromatic nitrogens is 2. The van der Waals surface area contributed by atoms with Crippen molar-refractivity contribution in [3.8, 4) is 0 Å². The summed E-state index contributed by atoms with van der Waals surface area (Å²) in [5, 5.41) is 8.41. The largest absolute Gasteiger partial charge is 0.424 e. The third-order valence-electron chi connectivity index (χ3n) is 6.33. The Morgan fingerprint density at radius 2 is 1.86 bits per heavy atom. The lowest BCUT2D eigenvalue weighted by Crippen LogP contribution is -2.48. The quantitative estimate of drug-likeness (QED) is 0.715. The van der Waals surface area contributed by atoms with Gasteiger partial charge in [-0.05, 0) is 57.5 Å². The second kappa shape index (κ2) is 10.0. The molecule has 2 saturated heterocycles. The first-order valence-electron chi connectivity index (χ1n) is 10.6. The minimum atomic E-state index is 0. The van der Waals surface area contributed by atoms with Gasteiger partial charge >= 0.3 is 0 Å². The number of carbonyl (C=O) groups excluding carboxylic acids is 1. The van der Waals surface area contributed by atoms with Crippen molar-refractivity contribution in [2.24, 2.45) is 5.92 Å². The van der Waals surface area contributed by atoms with Crippen molar-refractivity contribution in [3.05, 3.63) is 11.8 Å². The van der Waals surface area contributed by atoms with Gasteiger partial charge in [0, 0.05) is 25.6 Å². The fourth-order valence-electron chi connectivity index (χ4n) is 4.65. The van der Waals surface area contributed by atoms with Crippen LogP contribution in [-0.4, -0.2) is 65.3 Å². The van der Waals surface area contributed by atoms with Crippen LogP contribution in [0.3, 0.4) is 0 Å². The summed E-state index contributed by atoms with van der Waals surface area (Å²) < 4.78 is 10.9. The summed E-state index contributed by atoms with van der Waals surface area (Å²) in [6.45, 7) is 3.92. The van der Waals surface area contributed by atoms with E-state index in [0.717, 1.165) is 63.6 Å². The van der Waals surface area contributed by atoms with E-state index >= 15 is 0 Å². The molecule has 3 fully saturated rings. The van der Waals surface area contributed by atoms with Gasteiger partial charge in [0.2, 0.25) is 17.7 Å². The first kappa shape index (κ1) is 21.5. The van der Waals surface area contributed by atoms with Crippen LogP contribution in [0.25, 0.3) is 0 Å². The maximum atomic E-state index is 12.5. The van der Waals surface area contributed by atoms with E-state index in [4.69, 9.17) is 9.15 Å². The normalized spacial score (nSPS) is 24.6. The molecule has 0 aromatic carbocycles. The SMILES string of the molecule is COCC(=O)N1CCCCCC1C1CCN(Cc2nnc(C3CC3)o2)CC1.Cl. The van der Waals surface area contributed by atoms with E-state index in [9.17, 15) is 4.79 Å². The first-order chi connectivity index (χ1) is 13.2. The van der Waals surface area contributed by atoms with E-state index < -0.39 is 0 Å². The fourth-order valence-corrected chi connectivity index (χ4v) is 4.65. The summed E-state index contributed by atoms with van der Waals surface area (Å²) in [4.78, 5) is 17.1. The summed E-state index contributed by atoms with van der Waals surface area (Å²) in [7, 11) is 1.61. The molecule has 28 heavy (non-hydrogen) atoms. The van der Waals surface area contributed by atoms with Crippen LogP contribution in [0.5, 0.6) is 0 Å². The molecular formula is C20H33ClN4O3. The number of methoxy groups -OCH3 is 1. The Hall–Kier alpha value is -1.18. The third-order valence-corrected chi connectivity index (χ3v) is 6.33. The van der Waals surface area contributed by atoms with E-state index in [1.54, 1.807) is 7.11 Å². The standard InChI is InChI=1S/C20H32N4O3.ClH/c1-26-14-19(25)24-10-4-2-3-5-17(24)15-8-11-23(12-9-15)13-18-21-22-20(27-18)16-6-7-16;/h15-17H,2-14H2,1H3;1H. The highest BCUT2D eigenvalue weighted by Gasteiger charge is 2.34. The van der Waals surface area contributed by atoms with Crippen molar-refractivity contribution in [2.75, 3.05) is 33.4 Å². The Balaban J connectivity index is 0.00000225. The molecule has 158 valence electrons. The molecule has 3 aliphatic rings. The lowest BCUT2D eigenvalue weighted by atomic mass is 9.86. The molecule has 1 aromatic rings. The van der Waals surface area contributed by atoms with Crippen LogP contribution in [0.1, 0.15) is 69.1 Å². The van der Waals surface area contributed by atoms with Crippen molar-refractivity contribution in [1.29, 1.82) is 0 Å². The zero-order chi connectivity index (χ0) is 18.6. The van der Waals surface area contributed by atoms with Crippen LogP contribution in [0.4, 0.5) is 0 Å². The highest BCUT2D eigenvalue weighted by atomic mass is 35.5. The molecule has 1 aliphatic carbocycles. The van der Waals surface area contributed by atoms with Gasteiger partial charge in [-0.1, -0.05) is 12.8 Å². The molecule has 7 nitrogen and oxygen atoms in total. The van der Waals surface area contributed by atoms with Crippen molar-refractivity contribution < 1.29 is 13.9 Å². The number of hydrogen-bond donors (Lipinski definition) is 0.